The Balaban J connectivity index is 1.54. The number of benzene rings is 1. The Labute approximate surface area is 133 Å². The average Bonchev–Trinajstić information content (AvgIpc) is 3.25. The molecular weight excluding hydrogens is 292 g/mol. The number of carbonyl (C=O) groups excluding carboxylic acids is 1. The van der Waals surface area contributed by atoms with Crippen LogP contribution in [-0.2, 0) is 6.61 Å². The van der Waals surface area contributed by atoms with Crippen molar-refractivity contribution in [1.82, 2.24) is 19.9 Å². The van der Waals surface area contributed by atoms with Gasteiger partial charge in [-0.05, 0) is 37.1 Å². The van der Waals surface area contributed by atoms with Crippen molar-refractivity contribution in [2.75, 3.05) is 0 Å². The lowest BCUT2D eigenvalue weighted by Crippen LogP contribution is -2.25. The second-order valence-corrected chi connectivity index (χ2v) is 5.58. The number of nitrogens with zero attached hydrogens (tertiary/aromatic N) is 3. The molecule has 1 aliphatic rings. The fraction of sp³-hybridized carbons (Fsp3) is 0.235. The highest BCUT2D eigenvalue weighted by Crippen LogP contribution is 2.23. The van der Waals surface area contributed by atoms with Gasteiger partial charge >= 0.3 is 0 Å². The first-order valence-corrected chi connectivity index (χ1v) is 7.61. The van der Waals surface area contributed by atoms with Crippen LogP contribution in [0.3, 0.4) is 0 Å². The van der Waals surface area contributed by atoms with Gasteiger partial charge in [0, 0.05) is 6.04 Å². The molecule has 0 saturated heterocycles. The third-order valence-electron chi connectivity index (χ3n) is 3.80. The third kappa shape index (κ3) is 2.88. The summed E-state index contributed by atoms with van der Waals surface area (Å²) >= 11 is 0. The second-order valence-electron chi connectivity index (χ2n) is 5.58. The Bertz CT molecular complexity index is 854. The Morgan fingerprint density at radius 3 is 2.96 bits per heavy atom. The fourth-order valence-electron chi connectivity index (χ4n) is 2.43. The molecule has 6 nitrogen and oxygen atoms in total. The van der Waals surface area contributed by atoms with Gasteiger partial charge in [0.25, 0.3) is 5.91 Å². The summed E-state index contributed by atoms with van der Waals surface area (Å²) in [6.45, 7) is 0.314. The van der Waals surface area contributed by atoms with Gasteiger partial charge in [-0.15, -0.1) is 0 Å². The summed E-state index contributed by atoms with van der Waals surface area (Å²) in [6.07, 6.45) is 3.63. The van der Waals surface area contributed by atoms with Crippen LogP contribution in [0.5, 0.6) is 5.75 Å². The molecule has 2 aromatic heterocycles. The number of nitrogens with one attached hydrogen (secondary N) is 1. The van der Waals surface area contributed by atoms with E-state index in [0.29, 0.717) is 24.0 Å². The molecule has 1 amide bonds. The molecule has 1 N–H and O–H groups in total. The highest BCUT2D eigenvalue weighted by Gasteiger charge is 2.25. The van der Waals surface area contributed by atoms with Crippen molar-refractivity contribution in [3.63, 3.8) is 0 Å². The lowest BCUT2D eigenvalue weighted by atomic mass is 10.2. The number of carbonyl (C=O) groups is 1. The predicted octanol–water partition coefficient (Wildman–Crippen LogP) is 2.20. The Morgan fingerprint density at radius 1 is 1.22 bits per heavy atom. The van der Waals surface area contributed by atoms with Crippen LogP contribution in [0.25, 0.3) is 5.65 Å². The summed E-state index contributed by atoms with van der Waals surface area (Å²) in [5.41, 5.74) is 2.20. The standard InChI is InChI=1S/C17H16N4O2/c22-17(20-12-8-9-12)14-5-1-2-6-15(14)23-10-13-4-3-7-16-18-11-19-21(13)16/h1-7,11-12H,8-10H2,(H,20,22). The van der Waals surface area contributed by atoms with Crippen molar-refractivity contribution >= 4 is 11.6 Å². The predicted molar refractivity (Wildman–Crippen MR) is 84.2 cm³/mol. The van der Waals surface area contributed by atoms with Gasteiger partial charge < -0.3 is 10.1 Å². The van der Waals surface area contributed by atoms with E-state index in [0.717, 1.165) is 24.2 Å². The third-order valence-corrected chi connectivity index (χ3v) is 3.80. The van der Waals surface area contributed by atoms with E-state index in [1.165, 1.54) is 6.33 Å². The maximum absolute atomic E-state index is 12.3. The van der Waals surface area contributed by atoms with Crippen LogP contribution in [0.2, 0.25) is 0 Å². The van der Waals surface area contributed by atoms with Crippen molar-refractivity contribution in [1.29, 1.82) is 0 Å². The molecule has 1 saturated carbocycles. The first-order chi connectivity index (χ1) is 11.3. The Morgan fingerprint density at radius 2 is 2.09 bits per heavy atom. The van der Waals surface area contributed by atoms with Crippen LogP contribution in [0.4, 0.5) is 0 Å². The molecule has 0 spiro atoms. The number of ether oxygens (including phenoxy) is 1. The zero-order valence-electron chi connectivity index (χ0n) is 12.5. The zero-order chi connectivity index (χ0) is 15.6. The topological polar surface area (TPSA) is 68.5 Å². The van der Waals surface area contributed by atoms with Crippen LogP contribution in [0.15, 0.2) is 48.8 Å². The van der Waals surface area contributed by atoms with Crippen LogP contribution >= 0.6 is 0 Å². The van der Waals surface area contributed by atoms with E-state index in [-0.39, 0.29) is 5.91 Å². The van der Waals surface area contributed by atoms with Gasteiger partial charge in [-0.3, -0.25) is 4.79 Å². The fourth-order valence-corrected chi connectivity index (χ4v) is 2.43. The molecule has 1 aromatic carbocycles. The SMILES string of the molecule is O=C(NC1CC1)c1ccccc1OCc1cccc2ncnn12. The van der Waals surface area contributed by atoms with Gasteiger partial charge in [0.2, 0.25) is 0 Å². The average molecular weight is 308 g/mol. The Hall–Kier alpha value is -2.89. The summed E-state index contributed by atoms with van der Waals surface area (Å²) in [5, 5.41) is 7.17. The van der Waals surface area contributed by atoms with Crippen LogP contribution in [-0.4, -0.2) is 26.5 Å². The summed E-state index contributed by atoms with van der Waals surface area (Å²) < 4.78 is 7.60. The smallest absolute Gasteiger partial charge is 0.255 e. The molecule has 3 aromatic rings. The first-order valence-electron chi connectivity index (χ1n) is 7.61. The Kier molecular flexibility index (Phi) is 3.42. The quantitative estimate of drug-likeness (QED) is 0.784. The summed E-state index contributed by atoms with van der Waals surface area (Å²) in [6, 6.07) is 13.3. The minimum atomic E-state index is -0.0814. The molecule has 116 valence electrons. The number of amides is 1. The molecule has 0 radical (unpaired) electrons. The summed E-state index contributed by atoms with van der Waals surface area (Å²) in [7, 11) is 0. The van der Waals surface area contributed by atoms with E-state index in [1.807, 2.05) is 36.4 Å². The van der Waals surface area contributed by atoms with Gasteiger partial charge in [0.05, 0.1) is 11.3 Å². The van der Waals surface area contributed by atoms with E-state index >= 15 is 0 Å². The molecule has 23 heavy (non-hydrogen) atoms. The van der Waals surface area contributed by atoms with Gasteiger partial charge in [0.1, 0.15) is 18.7 Å². The van der Waals surface area contributed by atoms with Crippen molar-refractivity contribution in [2.24, 2.45) is 0 Å². The van der Waals surface area contributed by atoms with Crippen LogP contribution < -0.4 is 10.1 Å². The first kappa shape index (κ1) is 13.8. The van der Waals surface area contributed by atoms with Gasteiger partial charge in [0.15, 0.2) is 5.65 Å². The molecule has 0 bridgehead atoms. The van der Waals surface area contributed by atoms with Crippen LogP contribution in [0, 0.1) is 0 Å². The maximum atomic E-state index is 12.3. The highest BCUT2D eigenvalue weighted by atomic mass is 16.5. The van der Waals surface area contributed by atoms with Crippen molar-refractivity contribution in [3.8, 4) is 5.75 Å². The largest absolute Gasteiger partial charge is 0.486 e. The molecular formula is C17H16N4O2. The minimum absolute atomic E-state index is 0.0814. The van der Waals surface area contributed by atoms with E-state index < -0.39 is 0 Å². The lowest BCUT2D eigenvalue weighted by Gasteiger charge is -2.12. The molecule has 0 unspecified atom stereocenters. The maximum Gasteiger partial charge on any atom is 0.255 e. The van der Waals surface area contributed by atoms with E-state index in [9.17, 15) is 4.79 Å². The second kappa shape index (κ2) is 5.72. The zero-order valence-corrected chi connectivity index (χ0v) is 12.5. The molecule has 0 aliphatic heterocycles. The number of fused-ring (bicyclic) bond motifs is 1. The molecule has 0 atom stereocenters. The molecule has 1 fully saturated rings. The van der Waals surface area contributed by atoms with Crippen molar-refractivity contribution in [2.45, 2.75) is 25.5 Å². The number of hydrogen-bond acceptors (Lipinski definition) is 4. The van der Waals surface area contributed by atoms with E-state index in [2.05, 4.69) is 15.4 Å². The minimum Gasteiger partial charge on any atom is -0.486 e. The molecule has 4 rings (SSSR count). The number of para-hydroxylation sites is 1. The lowest BCUT2D eigenvalue weighted by molar-refractivity contribution is 0.0946. The number of rotatable bonds is 5. The van der Waals surface area contributed by atoms with Crippen molar-refractivity contribution < 1.29 is 9.53 Å². The molecule has 6 heteroatoms. The highest BCUT2D eigenvalue weighted by molar-refractivity contribution is 5.97. The van der Waals surface area contributed by atoms with Gasteiger partial charge in [-0.1, -0.05) is 18.2 Å². The van der Waals surface area contributed by atoms with Crippen molar-refractivity contribution in [3.05, 3.63) is 60.0 Å². The number of aromatic nitrogens is 3. The normalized spacial score (nSPS) is 13.9. The number of pyridine rings is 1. The van der Waals surface area contributed by atoms with E-state index in [1.54, 1.807) is 10.6 Å². The van der Waals surface area contributed by atoms with Gasteiger partial charge in [-0.2, -0.15) is 5.10 Å². The number of hydrogen-bond donors (Lipinski definition) is 1. The molecule has 1 aliphatic carbocycles. The summed E-state index contributed by atoms with van der Waals surface area (Å²) in [5.74, 6) is 0.491. The monoisotopic (exact) mass is 308 g/mol. The van der Waals surface area contributed by atoms with Gasteiger partial charge in [-0.25, -0.2) is 9.50 Å². The van der Waals surface area contributed by atoms with Crippen LogP contribution in [0.1, 0.15) is 28.9 Å². The summed E-state index contributed by atoms with van der Waals surface area (Å²) in [4.78, 5) is 16.4. The van der Waals surface area contributed by atoms with E-state index in [4.69, 9.17) is 4.74 Å². The molecule has 2 heterocycles.